The molecule has 3 N–H and O–H groups in total. The zero-order valence-corrected chi connectivity index (χ0v) is 24.0. The minimum absolute atomic E-state index is 0.0291. The maximum atomic E-state index is 14.4. The Labute approximate surface area is 226 Å². The van der Waals surface area contributed by atoms with Gasteiger partial charge in [-0.15, -0.1) is 0 Å². The number of nitrogens with zero attached hydrogens (tertiary/aromatic N) is 1. The number of carbonyl (C=O) groups is 3. The number of ether oxygens (including phenoxy) is 1. The fourth-order valence-electron chi connectivity index (χ4n) is 7.56. The Morgan fingerprint density at radius 3 is 2.37 bits per heavy atom. The first-order valence-corrected chi connectivity index (χ1v) is 14.0. The Balaban J connectivity index is 1.79. The van der Waals surface area contributed by atoms with Gasteiger partial charge in [0, 0.05) is 12.1 Å². The van der Waals surface area contributed by atoms with Crippen LogP contribution in [0.5, 0.6) is 0 Å². The van der Waals surface area contributed by atoms with Crippen LogP contribution in [0.1, 0.15) is 85.8 Å². The molecule has 3 aliphatic heterocycles. The molecule has 2 unspecified atom stereocenters. The summed E-state index contributed by atoms with van der Waals surface area (Å²) >= 11 is 0. The molecular weight excluding hydrogens is 482 g/mol. The van der Waals surface area contributed by atoms with Gasteiger partial charge in [0.2, 0.25) is 17.7 Å². The molecule has 1 spiro atoms. The number of hydrogen-bond acceptors (Lipinski definition) is 5. The van der Waals surface area contributed by atoms with Crippen LogP contribution in [0.3, 0.4) is 0 Å². The monoisotopic (exact) mass is 527 g/mol. The summed E-state index contributed by atoms with van der Waals surface area (Å²) in [7, 11) is 0. The van der Waals surface area contributed by atoms with Crippen LogP contribution in [0.2, 0.25) is 0 Å². The lowest BCUT2D eigenvalue weighted by atomic mass is 9.66. The number of aliphatic hydroxyl groups excluding tert-OH is 1. The molecule has 3 aliphatic rings. The van der Waals surface area contributed by atoms with Crippen LogP contribution >= 0.6 is 0 Å². The van der Waals surface area contributed by atoms with Gasteiger partial charge in [0.15, 0.2) is 0 Å². The second-order valence-electron chi connectivity index (χ2n) is 13.5. The highest BCUT2D eigenvalue weighted by Gasteiger charge is 2.78. The van der Waals surface area contributed by atoms with Crippen molar-refractivity contribution in [1.29, 1.82) is 0 Å². The van der Waals surface area contributed by atoms with Crippen molar-refractivity contribution in [2.75, 3.05) is 13.2 Å². The zero-order valence-electron chi connectivity index (χ0n) is 24.0. The fraction of sp³-hybridized carbons (Fsp3) is 0.700. The molecule has 2 bridgehead atoms. The highest BCUT2D eigenvalue weighted by Crippen LogP contribution is 2.64. The summed E-state index contributed by atoms with van der Waals surface area (Å²) in [5, 5.41) is 16.8. The van der Waals surface area contributed by atoms with Crippen molar-refractivity contribution in [2.24, 2.45) is 17.3 Å². The van der Waals surface area contributed by atoms with E-state index in [1.807, 2.05) is 58.0 Å². The summed E-state index contributed by atoms with van der Waals surface area (Å²) in [5.41, 5.74) is -1.80. The van der Waals surface area contributed by atoms with E-state index < -0.39 is 40.7 Å². The lowest BCUT2D eigenvalue weighted by Crippen LogP contribution is -2.60. The normalized spacial score (nSPS) is 31.3. The fourth-order valence-corrected chi connectivity index (χ4v) is 7.56. The number of amides is 3. The minimum Gasteiger partial charge on any atom is -0.394 e. The number of likely N-dealkylation sites (tertiary alicyclic amines) is 1. The van der Waals surface area contributed by atoms with Gasteiger partial charge in [-0.1, -0.05) is 58.0 Å². The van der Waals surface area contributed by atoms with E-state index in [-0.39, 0.29) is 29.7 Å². The van der Waals surface area contributed by atoms with Crippen LogP contribution in [0.25, 0.3) is 0 Å². The molecule has 4 rings (SSSR count). The van der Waals surface area contributed by atoms with Gasteiger partial charge in [0.05, 0.1) is 30.1 Å². The van der Waals surface area contributed by atoms with E-state index in [1.54, 1.807) is 0 Å². The summed E-state index contributed by atoms with van der Waals surface area (Å²) in [6, 6.07) is 7.57. The topological polar surface area (TPSA) is 108 Å². The molecular formula is C30H45N3O5. The van der Waals surface area contributed by atoms with Gasteiger partial charge in [0.25, 0.3) is 0 Å². The first kappa shape index (κ1) is 28.6. The molecule has 0 aromatic heterocycles. The van der Waals surface area contributed by atoms with Crippen molar-refractivity contribution in [3.8, 4) is 0 Å². The van der Waals surface area contributed by atoms with Gasteiger partial charge < -0.3 is 25.4 Å². The third-order valence-corrected chi connectivity index (χ3v) is 8.42. The Kier molecular flexibility index (Phi) is 7.47. The Morgan fingerprint density at radius 2 is 1.79 bits per heavy atom. The van der Waals surface area contributed by atoms with Crippen LogP contribution in [-0.2, 0) is 19.1 Å². The van der Waals surface area contributed by atoms with E-state index in [0.29, 0.717) is 19.4 Å². The SMILES string of the molecule is CCCNC(=O)[C@H]1[C@H]2C(=O)N([C@H](CO)c3ccccc3)C(C(=O)NC(C)(C)CC(C)(C)C)C23CC[C@]1(C)O3. The van der Waals surface area contributed by atoms with E-state index in [9.17, 15) is 19.5 Å². The van der Waals surface area contributed by atoms with Gasteiger partial charge in [-0.25, -0.2) is 0 Å². The quantitative estimate of drug-likeness (QED) is 0.457. The van der Waals surface area contributed by atoms with E-state index in [1.165, 1.54) is 4.90 Å². The number of aliphatic hydroxyl groups is 1. The predicted octanol–water partition coefficient (Wildman–Crippen LogP) is 3.34. The van der Waals surface area contributed by atoms with Crippen molar-refractivity contribution < 1.29 is 24.2 Å². The average Bonchev–Trinajstić information content (AvgIpc) is 3.38. The number of hydrogen-bond donors (Lipinski definition) is 3. The molecule has 6 atom stereocenters. The lowest BCUT2D eigenvalue weighted by molar-refractivity contribution is -0.150. The molecule has 8 heteroatoms. The Bertz CT molecular complexity index is 1070. The van der Waals surface area contributed by atoms with Gasteiger partial charge in [0.1, 0.15) is 11.6 Å². The number of fused-ring (bicyclic) bond motifs is 1. The first-order chi connectivity index (χ1) is 17.7. The summed E-state index contributed by atoms with van der Waals surface area (Å²) in [5.74, 6) is -2.31. The van der Waals surface area contributed by atoms with Crippen LogP contribution in [-0.4, -0.2) is 63.7 Å². The van der Waals surface area contributed by atoms with E-state index in [2.05, 4.69) is 31.4 Å². The molecule has 8 nitrogen and oxygen atoms in total. The van der Waals surface area contributed by atoms with Gasteiger partial charge in [-0.3, -0.25) is 14.4 Å². The van der Waals surface area contributed by atoms with E-state index >= 15 is 0 Å². The number of rotatable bonds is 9. The van der Waals surface area contributed by atoms with Gasteiger partial charge in [-0.05, 0) is 57.4 Å². The molecule has 210 valence electrons. The zero-order chi connectivity index (χ0) is 28.1. The number of benzene rings is 1. The summed E-state index contributed by atoms with van der Waals surface area (Å²) in [6.07, 6.45) is 2.59. The number of carbonyl (C=O) groups excluding carboxylic acids is 3. The largest absolute Gasteiger partial charge is 0.394 e. The summed E-state index contributed by atoms with van der Waals surface area (Å²) < 4.78 is 6.70. The highest BCUT2D eigenvalue weighted by atomic mass is 16.5. The molecule has 0 radical (unpaired) electrons. The van der Waals surface area contributed by atoms with Crippen LogP contribution < -0.4 is 10.6 Å². The molecule has 0 aliphatic carbocycles. The minimum atomic E-state index is -1.13. The summed E-state index contributed by atoms with van der Waals surface area (Å²) in [4.78, 5) is 43.6. The molecule has 3 fully saturated rings. The van der Waals surface area contributed by atoms with Gasteiger partial charge in [-0.2, -0.15) is 0 Å². The first-order valence-electron chi connectivity index (χ1n) is 14.0. The average molecular weight is 528 g/mol. The van der Waals surface area contributed by atoms with Crippen molar-refractivity contribution >= 4 is 17.7 Å². The Hall–Kier alpha value is -2.45. The lowest BCUT2D eigenvalue weighted by Gasteiger charge is -2.40. The van der Waals surface area contributed by atoms with Crippen molar-refractivity contribution in [2.45, 2.75) is 103 Å². The molecule has 1 aromatic rings. The highest BCUT2D eigenvalue weighted by molar-refractivity contribution is 5.99. The van der Waals surface area contributed by atoms with E-state index in [4.69, 9.17) is 4.74 Å². The third kappa shape index (κ3) is 4.86. The Morgan fingerprint density at radius 1 is 1.13 bits per heavy atom. The predicted molar refractivity (Wildman–Crippen MR) is 145 cm³/mol. The van der Waals surface area contributed by atoms with E-state index in [0.717, 1.165) is 18.4 Å². The maximum absolute atomic E-state index is 14.4. The molecule has 3 saturated heterocycles. The number of nitrogens with one attached hydrogen (secondary N) is 2. The second kappa shape index (κ2) is 9.94. The molecule has 3 heterocycles. The molecule has 1 aromatic carbocycles. The van der Waals surface area contributed by atoms with Gasteiger partial charge >= 0.3 is 0 Å². The standard InChI is InChI=1S/C30H45N3O5/c1-8-16-31-24(35)21-22-26(37)33(20(17-34)19-12-10-9-11-13-19)23(30(22)15-14-29(21,7)38-30)25(36)32-28(5,6)18-27(2,3)4/h9-13,20-23,34H,8,14-18H2,1-7H3,(H,31,35)(H,32,36)/t20-,21-,22+,23?,29+,30?/m1/s1. The smallest absolute Gasteiger partial charge is 0.246 e. The molecule has 3 amide bonds. The third-order valence-electron chi connectivity index (χ3n) is 8.42. The summed E-state index contributed by atoms with van der Waals surface area (Å²) in [6.45, 7) is 14.4. The van der Waals surface area contributed by atoms with Crippen LogP contribution in [0, 0.1) is 17.3 Å². The molecule has 0 saturated carbocycles. The van der Waals surface area contributed by atoms with Crippen molar-refractivity contribution in [1.82, 2.24) is 15.5 Å². The van der Waals surface area contributed by atoms with Crippen molar-refractivity contribution in [3.63, 3.8) is 0 Å². The van der Waals surface area contributed by atoms with Crippen LogP contribution in [0.4, 0.5) is 0 Å². The second-order valence-corrected chi connectivity index (χ2v) is 13.5. The van der Waals surface area contributed by atoms with Crippen LogP contribution in [0.15, 0.2) is 30.3 Å². The maximum Gasteiger partial charge on any atom is 0.246 e. The van der Waals surface area contributed by atoms with Crippen molar-refractivity contribution in [3.05, 3.63) is 35.9 Å². The molecule has 38 heavy (non-hydrogen) atoms.